The normalized spacial score (nSPS) is 53.8. The van der Waals surface area contributed by atoms with Crippen molar-refractivity contribution in [3.05, 3.63) is 0 Å². The minimum atomic E-state index is -0.818. The van der Waals surface area contributed by atoms with Crippen molar-refractivity contribution in [3.8, 4) is 0 Å². The molecule has 0 aromatic heterocycles. The Bertz CT molecular complexity index is 232. The number of hydrogen-bond acceptors (Lipinski definition) is 3. The van der Waals surface area contributed by atoms with Crippen molar-refractivity contribution < 1.29 is 14.6 Å². The summed E-state index contributed by atoms with van der Waals surface area (Å²) in [5.41, 5.74) is -1.59. The first-order chi connectivity index (χ1) is 5.81. The molecule has 0 spiro atoms. The molecule has 0 aromatic carbocycles. The minimum absolute atomic E-state index is 0.238. The second-order valence-corrected chi connectivity index (χ2v) is 5.07. The number of rotatable bonds is 0. The number of hydrogen-bond donors (Lipinski definition) is 1. The Labute approximate surface area is 79.0 Å². The highest BCUT2D eigenvalue weighted by atomic mass is 16.7. The average molecular weight is 186 g/mol. The maximum atomic E-state index is 10.4. The van der Waals surface area contributed by atoms with Crippen LogP contribution in [0.1, 0.15) is 34.1 Å². The zero-order valence-electron chi connectivity index (χ0n) is 8.76. The van der Waals surface area contributed by atoms with Crippen LogP contribution in [0.4, 0.5) is 0 Å². The first-order valence-corrected chi connectivity index (χ1v) is 4.83. The monoisotopic (exact) mass is 186 g/mol. The van der Waals surface area contributed by atoms with Crippen LogP contribution < -0.4 is 0 Å². The van der Waals surface area contributed by atoms with Crippen LogP contribution in [0.15, 0.2) is 0 Å². The highest BCUT2D eigenvalue weighted by molar-refractivity contribution is 5.12. The second-order valence-electron chi connectivity index (χ2n) is 5.07. The summed E-state index contributed by atoms with van der Waals surface area (Å²) in [6.45, 7) is 8.41. The van der Waals surface area contributed by atoms with E-state index in [2.05, 4.69) is 0 Å². The summed E-state index contributed by atoms with van der Waals surface area (Å²) in [5.74, 6) is 0. The third kappa shape index (κ3) is 0.901. The highest BCUT2D eigenvalue weighted by Crippen LogP contribution is 2.56. The lowest BCUT2D eigenvalue weighted by Crippen LogP contribution is -2.52. The molecule has 0 aliphatic carbocycles. The standard InChI is InChI=1S/C10H18O3/c1-8(2)10(4,11)9(3)5-6-12-7(9)13-8/h7,11H,5-6H2,1-4H3/t7-,9-,10+/m1/s1. The summed E-state index contributed by atoms with van der Waals surface area (Å²) in [7, 11) is 0. The maximum absolute atomic E-state index is 10.4. The van der Waals surface area contributed by atoms with Gasteiger partial charge in [-0.25, -0.2) is 0 Å². The molecule has 3 atom stereocenters. The van der Waals surface area contributed by atoms with Crippen molar-refractivity contribution >= 4 is 0 Å². The molecule has 2 rings (SSSR count). The largest absolute Gasteiger partial charge is 0.386 e. The molecular formula is C10H18O3. The maximum Gasteiger partial charge on any atom is 0.166 e. The fourth-order valence-corrected chi connectivity index (χ4v) is 2.39. The molecule has 0 radical (unpaired) electrons. The zero-order valence-corrected chi connectivity index (χ0v) is 8.76. The fraction of sp³-hybridized carbons (Fsp3) is 1.00. The van der Waals surface area contributed by atoms with Crippen LogP contribution in [0, 0.1) is 5.41 Å². The SMILES string of the molecule is CC1(C)O[C@H]2OCC[C@@]2(C)[C@@]1(C)O. The molecule has 3 heteroatoms. The van der Waals surface area contributed by atoms with Crippen molar-refractivity contribution in [3.63, 3.8) is 0 Å². The lowest BCUT2D eigenvalue weighted by molar-refractivity contribution is -0.166. The molecule has 0 saturated carbocycles. The van der Waals surface area contributed by atoms with E-state index >= 15 is 0 Å². The molecule has 0 aromatic rings. The van der Waals surface area contributed by atoms with Gasteiger partial charge in [-0.05, 0) is 27.2 Å². The summed E-state index contributed by atoms with van der Waals surface area (Å²) < 4.78 is 11.2. The molecule has 2 saturated heterocycles. The molecule has 0 unspecified atom stereocenters. The third-order valence-corrected chi connectivity index (χ3v) is 4.10. The molecule has 0 amide bonds. The predicted molar refractivity (Wildman–Crippen MR) is 48.3 cm³/mol. The van der Waals surface area contributed by atoms with Gasteiger partial charge in [0.05, 0.1) is 17.6 Å². The minimum Gasteiger partial charge on any atom is -0.386 e. The Morgan fingerprint density at radius 1 is 1.23 bits per heavy atom. The lowest BCUT2D eigenvalue weighted by atomic mass is 9.68. The smallest absolute Gasteiger partial charge is 0.166 e. The van der Waals surface area contributed by atoms with E-state index in [1.54, 1.807) is 0 Å². The quantitative estimate of drug-likeness (QED) is 0.619. The molecule has 2 heterocycles. The summed E-state index contributed by atoms with van der Waals surface area (Å²) in [6.07, 6.45) is 0.631. The van der Waals surface area contributed by atoms with Gasteiger partial charge in [0.15, 0.2) is 6.29 Å². The van der Waals surface area contributed by atoms with E-state index in [0.29, 0.717) is 6.61 Å². The van der Waals surface area contributed by atoms with E-state index in [9.17, 15) is 5.11 Å². The second kappa shape index (κ2) is 2.27. The van der Waals surface area contributed by atoms with Gasteiger partial charge in [0.1, 0.15) is 5.60 Å². The summed E-state index contributed by atoms with van der Waals surface area (Å²) in [4.78, 5) is 0. The summed E-state index contributed by atoms with van der Waals surface area (Å²) >= 11 is 0. The molecule has 3 nitrogen and oxygen atoms in total. The van der Waals surface area contributed by atoms with E-state index in [1.807, 2.05) is 27.7 Å². The van der Waals surface area contributed by atoms with Crippen molar-refractivity contribution in [1.82, 2.24) is 0 Å². The Morgan fingerprint density at radius 2 is 1.85 bits per heavy atom. The zero-order chi connectivity index (χ0) is 9.91. The van der Waals surface area contributed by atoms with Crippen LogP contribution in [0.2, 0.25) is 0 Å². The summed E-state index contributed by atoms with van der Waals surface area (Å²) in [6, 6.07) is 0. The van der Waals surface area contributed by atoms with E-state index in [0.717, 1.165) is 6.42 Å². The van der Waals surface area contributed by atoms with Gasteiger partial charge >= 0.3 is 0 Å². The number of aliphatic hydroxyl groups is 1. The van der Waals surface area contributed by atoms with E-state index < -0.39 is 11.2 Å². The average Bonchev–Trinajstić information content (AvgIpc) is 2.37. The predicted octanol–water partition coefficient (Wildman–Crippen LogP) is 1.30. The van der Waals surface area contributed by atoms with E-state index in [-0.39, 0.29) is 11.7 Å². The van der Waals surface area contributed by atoms with Gasteiger partial charge in [0.25, 0.3) is 0 Å². The first-order valence-electron chi connectivity index (χ1n) is 4.83. The molecule has 2 aliphatic rings. The van der Waals surface area contributed by atoms with Crippen molar-refractivity contribution in [2.75, 3.05) is 6.61 Å². The first kappa shape index (κ1) is 9.44. The molecule has 0 bridgehead atoms. The van der Waals surface area contributed by atoms with Crippen LogP contribution in [0.5, 0.6) is 0 Å². The lowest BCUT2D eigenvalue weighted by Gasteiger charge is -2.39. The van der Waals surface area contributed by atoms with Gasteiger partial charge in [-0.2, -0.15) is 0 Å². The van der Waals surface area contributed by atoms with Crippen LogP contribution in [0.3, 0.4) is 0 Å². The number of fused-ring (bicyclic) bond motifs is 1. The Balaban J connectivity index is 2.42. The van der Waals surface area contributed by atoms with Gasteiger partial charge in [0, 0.05) is 0 Å². The molecule has 2 aliphatic heterocycles. The molecule has 1 N–H and O–H groups in total. The van der Waals surface area contributed by atoms with E-state index in [4.69, 9.17) is 9.47 Å². The highest BCUT2D eigenvalue weighted by Gasteiger charge is 2.67. The Kier molecular flexibility index (Phi) is 1.65. The van der Waals surface area contributed by atoms with Crippen molar-refractivity contribution in [2.45, 2.75) is 51.6 Å². The molecular weight excluding hydrogens is 168 g/mol. The topological polar surface area (TPSA) is 38.7 Å². The Morgan fingerprint density at radius 3 is 2.38 bits per heavy atom. The van der Waals surface area contributed by atoms with Crippen LogP contribution in [-0.4, -0.2) is 29.2 Å². The van der Waals surface area contributed by atoms with Gasteiger partial charge in [-0.15, -0.1) is 0 Å². The van der Waals surface area contributed by atoms with Crippen LogP contribution >= 0.6 is 0 Å². The van der Waals surface area contributed by atoms with Crippen LogP contribution in [0.25, 0.3) is 0 Å². The van der Waals surface area contributed by atoms with E-state index in [1.165, 1.54) is 0 Å². The molecule has 2 fully saturated rings. The summed E-state index contributed by atoms with van der Waals surface area (Å²) in [5, 5.41) is 10.4. The third-order valence-electron chi connectivity index (χ3n) is 4.10. The van der Waals surface area contributed by atoms with Gasteiger partial charge in [-0.1, -0.05) is 6.92 Å². The van der Waals surface area contributed by atoms with Gasteiger partial charge < -0.3 is 14.6 Å². The van der Waals surface area contributed by atoms with Crippen molar-refractivity contribution in [1.29, 1.82) is 0 Å². The molecule has 76 valence electrons. The van der Waals surface area contributed by atoms with Crippen molar-refractivity contribution in [2.24, 2.45) is 5.41 Å². The van der Waals surface area contributed by atoms with Gasteiger partial charge in [0.2, 0.25) is 0 Å². The number of ether oxygens (including phenoxy) is 2. The van der Waals surface area contributed by atoms with Gasteiger partial charge in [-0.3, -0.25) is 0 Å². The fourth-order valence-electron chi connectivity index (χ4n) is 2.39. The van der Waals surface area contributed by atoms with Crippen LogP contribution in [-0.2, 0) is 9.47 Å². The molecule has 13 heavy (non-hydrogen) atoms. The Hall–Kier alpha value is -0.120.